The second-order valence-electron chi connectivity index (χ2n) is 3.85. The molecule has 1 nitrogen and oxygen atoms in total. The lowest BCUT2D eigenvalue weighted by molar-refractivity contribution is 0.580. The van der Waals surface area contributed by atoms with Gasteiger partial charge in [0.05, 0.1) is 15.2 Å². The van der Waals surface area contributed by atoms with E-state index < -0.39 is 11.6 Å². The summed E-state index contributed by atoms with van der Waals surface area (Å²) in [5.74, 6) is -1.26. The van der Waals surface area contributed by atoms with Gasteiger partial charge in [0, 0.05) is 17.1 Å². The van der Waals surface area contributed by atoms with E-state index in [0.29, 0.717) is 11.6 Å². The minimum Gasteiger partial charge on any atom is -0.379 e. The van der Waals surface area contributed by atoms with Crippen molar-refractivity contribution in [3.05, 3.63) is 61.5 Å². The SMILES string of the molecule is Fc1cc(F)c(NCc2ccc(Cl)c(Br)c2)cc1Br. The van der Waals surface area contributed by atoms with Gasteiger partial charge in [-0.25, -0.2) is 8.78 Å². The van der Waals surface area contributed by atoms with Crippen molar-refractivity contribution in [2.24, 2.45) is 0 Å². The average molecular weight is 411 g/mol. The van der Waals surface area contributed by atoms with Gasteiger partial charge >= 0.3 is 0 Å². The Hall–Kier alpha value is -0.650. The third kappa shape index (κ3) is 3.68. The fraction of sp³-hybridized carbons (Fsp3) is 0.0769. The van der Waals surface area contributed by atoms with Gasteiger partial charge in [-0.3, -0.25) is 0 Å². The Morgan fingerprint density at radius 1 is 1.00 bits per heavy atom. The molecule has 0 radical (unpaired) electrons. The Kier molecular flexibility index (Phi) is 4.81. The highest BCUT2D eigenvalue weighted by molar-refractivity contribution is 9.10. The summed E-state index contributed by atoms with van der Waals surface area (Å²) in [7, 11) is 0. The van der Waals surface area contributed by atoms with Crippen LogP contribution in [0.15, 0.2) is 39.3 Å². The largest absolute Gasteiger partial charge is 0.379 e. The third-order valence-corrected chi connectivity index (χ3v) is 4.30. The van der Waals surface area contributed by atoms with Gasteiger partial charge in [-0.05, 0) is 55.6 Å². The molecule has 0 aliphatic rings. The number of hydrogen-bond donors (Lipinski definition) is 1. The topological polar surface area (TPSA) is 12.0 Å². The summed E-state index contributed by atoms with van der Waals surface area (Å²) in [4.78, 5) is 0. The van der Waals surface area contributed by atoms with Crippen LogP contribution in [0.4, 0.5) is 14.5 Å². The number of benzene rings is 2. The zero-order valence-electron chi connectivity index (χ0n) is 9.48. The molecule has 2 aromatic carbocycles. The summed E-state index contributed by atoms with van der Waals surface area (Å²) < 4.78 is 27.6. The van der Waals surface area contributed by atoms with Crippen molar-refractivity contribution < 1.29 is 8.78 Å². The number of nitrogens with one attached hydrogen (secondary N) is 1. The first-order chi connectivity index (χ1) is 8.97. The quantitative estimate of drug-likeness (QED) is 0.634. The van der Waals surface area contributed by atoms with Gasteiger partial charge in [-0.2, -0.15) is 0 Å². The van der Waals surface area contributed by atoms with Crippen molar-refractivity contribution in [1.82, 2.24) is 0 Å². The van der Waals surface area contributed by atoms with Crippen molar-refractivity contribution in [3.63, 3.8) is 0 Å². The summed E-state index contributed by atoms with van der Waals surface area (Å²) in [5.41, 5.74) is 1.16. The van der Waals surface area contributed by atoms with E-state index >= 15 is 0 Å². The van der Waals surface area contributed by atoms with Crippen LogP contribution in [-0.4, -0.2) is 0 Å². The summed E-state index contributed by atoms with van der Waals surface area (Å²) in [6.07, 6.45) is 0. The van der Waals surface area contributed by atoms with Crippen LogP contribution < -0.4 is 5.32 Å². The molecule has 0 aliphatic carbocycles. The molecule has 2 rings (SSSR count). The molecule has 0 atom stereocenters. The van der Waals surface area contributed by atoms with Gasteiger partial charge in [0.25, 0.3) is 0 Å². The van der Waals surface area contributed by atoms with E-state index in [1.54, 1.807) is 6.07 Å². The fourth-order valence-corrected chi connectivity index (χ4v) is 2.39. The molecule has 0 saturated heterocycles. The molecule has 0 aliphatic heterocycles. The molecule has 0 bridgehead atoms. The maximum Gasteiger partial charge on any atom is 0.149 e. The zero-order chi connectivity index (χ0) is 14.0. The Morgan fingerprint density at radius 3 is 2.42 bits per heavy atom. The van der Waals surface area contributed by atoms with E-state index in [1.165, 1.54) is 6.07 Å². The summed E-state index contributed by atoms with van der Waals surface area (Å²) in [6.45, 7) is 0.408. The third-order valence-electron chi connectivity index (χ3n) is 2.48. The Bertz CT molecular complexity index is 620. The van der Waals surface area contributed by atoms with Crippen molar-refractivity contribution in [1.29, 1.82) is 0 Å². The molecule has 19 heavy (non-hydrogen) atoms. The van der Waals surface area contributed by atoms with Crippen molar-refractivity contribution in [2.75, 3.05) is 5.32 Å². The predicted octanol–water partition coefficient (Wildman–Crippen LogP) is 5.76. The average Bonchev–Trinajstić information content (AvgIpc) is 2.36. The van der Waals surface area contributed by atoms with Gasteiger partial charge < -0.3 is 5.32 Å². The number of halogens is 5. The fourth-order valence-electron chi connectivity index (χ4n) is 1.50. The van der Waals surface area contributed by atoms with Crippen LogP contribution in [0.25, 0.3) is 0 Å². The van der Waals surface area contributed by atoms with E-state index in [2.05, 4.69) is 37.2 Å². The Balaban J connectivity index is 2.14. The molecule has 0 spiro atoms. The van der Waals surface area contributed by atoms with E-state index in [9.17, 15) is 8.78 Å². The zero-order valence-corrected chi connectivity index (χ0v) is 13.4. The standard InChI is InChI=1S/C13H8Br2ClF2N/c14-8-3-7(1-2-10(8)16)6-19-13-4-9(15)11(17)5-12(13)18/h1-5,19H,6H2. The second kappa shape index (κ2) is 6.20. The molecule has 100 valence electrons. The van der Waals surface area contributed by atoms with Crippen LogP contribution in [0, 0.1) is 11.6 Å². The molecule has 0 fully saturated rings. The van der Waals surface area contributed by atoms with Gasteiger partial charge in [0.15, 0.2) is 0 Å². The normalized spacial score (nSPS) is 10.6. The Morgan fingerprint density at radius 2 is 1.74 bits per heavy atom. The number of rotatable bonds is 3. The smallest absolute Gasteiger partial charge is 0.149 e. The van der Waals surface area contributed by atoms with E-state index in [-0.39, 0.29) is 10.2 Å². The van der Waals surface area contributed by atoms with Crippen molar-refractivity contribution in [3.8, 4) is 0 Å². The molecule has 2 aromatic rings. The predicted molar refractivity (Wildman–Crippen MR) is 80.5 cm³/mol. The van der Waals surface area contributed by atoms with Gasteiger partial charge in [-0.15, -0.1) is 0 Å². The first-order valence-electron chi connectivity index (χ1n) is 5.29. The highest BCUT2D eigenvalue weighted by atomic mass is 79.9. The van der Waals surface area contributed by atoms with Gasteiger partial charge in [-0.1, -0.05) is 17.7 Å². The molecular weight excluding hydrogens is 403 g/mol. The van der Waals surface area contributed by atoms with Crippen LogP contribution in [0.5, 0.6) is 0 Å². The molecule has 0 aromatic heterocycles. The van der Waals surface area contributed by atoms with E-state index in [1.807, 2.05) is 12.1 Å². The lowest BCUT2D eigenvalue weighted by Gasteiger charge is -2.09. The van der Waals surface area contributed by atoms with E-state index in [4.69, 9.17) is 11.6 Å². The van der Waals surface area contributed by atoms with Crippen LogP contribution >= 0.6 is 43.5 Å². The van der Waals surface area contributed by atoms with Crippen molar-refractivity contribution in [2.45, 2.75) is 6.54 Å². The minimum atomic E-state index is -0.631. The molecular formula is C13H8Br2ClF2N. The lowest BCUT2D eigenvalue weighted by atomic mass is 10.2. The molecule has 1 N–H and O–H groups in total. The number of anilines is 1. The maximum atomic E-state index is 13.5. The van der Waals surface area contributed by atoms with Gasteiger partial charge in [0.2, 0.25) is 0 Å². The summed E-state index contributed by atoms with van der Waals surface area (Å²) in [5, 5.41) is 3.52. The molecule has 0 unspecified atom stereocenters. The summed E-state index contributed by atoms with van der Waals surface area (Å²) in [6, 6.07) is 7.63. The summed E-state index contributed by atoms with van der Waals surface area (Å²) >= 11 is 12.2. The number of hydrogen-bond acceptors (Lipinski definition) is 1. The van der Waals surface area contributed by atoms with Crippen LogP contribution in [0.3, 0.4) is 0 Å². The molecule has 0 saturated carbocycles. The van der Waals surface area contributed by atoms with E-state index in [0.717, 1.165) is 16.1 Å². The highest BCUT2D eigenvalue weighted by Gasteiger charge is 2.08. The monoisotopic (exact) mass is 409 g/mol. The van der Waals surface area contributed by atoms with Crippen molar-refractivity contribution >= 4 is 49.1 Å². The first-order valence-corrected chi connectivity index (χ1v) is 7.26. The minimum absolute atomic E-state index is 0.216. The second-order valence-corrected chi connectivity index (χ2v) is 5.96. The molecule has 6 heteroatoms. The molecule has 0 amide bonds. The maximum absolute atomic E-state index is 13.5. The Labute approximate surface area is 131 Å². The highest BCUT2D eigenvalue weighted by Crippen LogP contribution is 2.26. The van der Waals surface area contributed by atoms with Crippen LogP contribution in [0.1, 0.15) is 5.56 Å². The van der Waals surface area contributed by atoms with Gasteiger partial charge in [0.1, 0.15) is 11.6 Å². The lowest BCUT2D eigenvalue weighted by Crippen LogP contribution is -2.02. The first kappa shape index (κ1) is 14.8. The van der Waals surface area contributed by atoms with Crippen LogP contribution in [-0.2, 0) is 6.54 Å². The van der Waals surface area contributed by atoms with Crippen LogP contribution in [0.2, 0.25) is 5.02 Å². The molecule has 0 heterocycles.